The van der Waals surface area contributed by atoms with Gasteiger partial charge in [-0.25, -0.2) is 0 Å². The van der Waals surface area contributed by atoms with Crippen LogP contribution in [0.15, 0.2) is 24.3 Å². The van der Waals surface area contributed by atoms with Crippen molar-refractivity contribution in [1.82, 2.24) is 0 Å². The summed E-state index contributed by atoms with van der Waals surface area (Å²) in [5, 5.41) is 0. The maximum absolute atomic E-state index is 6.12. The van der Waals surface area contributed by atoms with Crippen molar-refractivity contribution >= 4 is 7.12 Å². The molecule has 3 rings (SSSR count). The SMILES string of the molecule is CC1(C)OB(CC2CCc3ccccc32)OC1(C)C. The van der Waals surface area contributed by atoms with Crippen LogP contribution in [0.25, 0.3) is 0 Å². The van der Waals surface area contributed by atoms with E-state index in [1.165, 1.54) is 24.0 Å². The Morgan fingerprint density at radius 2 is 1.74 bits per heavy atom. The normalized spacial score (nSPS) is 27.6. The molecule has 0 radical (unpaired) electrons. The number of hydrogen-bond acceptors (Lipinski definition) is 2. The first-order chi connectivity index (χ1) is 8.89. The molecule has 1 unspecified atom stereocenters. The Morgan fingerprint density at radius 3 is 2.42 bits per heavy atom. The van der Waals surface area contributed by atoms with Crippen molar-refractivity contribution in [2.24, 2.45) is 0 Å². The molecule has 1 heterocycles. The maximum Gasteiger partial charge on any atom is 0.458 e. The fourth-order valence-corrected chi connectivity index (χ4v) is 3.18. The van der Waals surface area contributed by atoms with Crippen LogP contribution in [0.5, 0.6) is 0 Å². The summed E-state index contributed by atoms with van der Waals surface area (Å²) in [5.74, 6) is 0.589. The van der Waals surface area contributed by atoms with E-state index < -0.39 is 0 Å². The largest absolute Gasteiger partial charge is 0.458 e. The first kappa shape index (κ1) is 13.2. The van der Waals surface area contributed by atoms with Gasteiger partial charge < -0.3 is 9.31 Å². The summed E-state index contributed by atoms with van der Waals surface area (Å²) < 4.78 is 12.2. The lowest BCUT2D eigenvalue weighted by atomic mass is 9.75. The number of fused-ring (bicyclic) bond motifs is 1. The Kier molecular flexibility index (Phi) is 3.03. The third-order valence-corrected chi connectivity index (χ3v) is 5.04. The topological polar surface area (TPSA) is 18.5 Å². The fourth-order valence-electron chi connectivity index (χ4n) is 3.18. The molecule has 1 aromatic rings. The van der Waals surface area contributed by atoms with Gasteiger partial charge in [-0.15, -0.1) is 0 Å². The highest BCUT2D eigenvalue weighted by Crippen LogP contribution is 2.42. The summed E-state index contributed by atoms with van der Waals surface area (Å²) in [5.41, 5.74) is 2.58. The monoisotopic (exact) mass is 258 g/mol. The molecule has 102 valence electrons. The van der Waals surface area contributed by atoms with Crippen molar-refractivity contribution in [3.05, 3.63) is 35.4 Å². The molecule has 1 atom stereocenters. The molecule has 0 spiro atoms. The van der Waals surface area contributed by atoms with Crippen LogP contribution in [0.3, 0.4) is 0 Å². The average molecular weight is 258 g/mol. The smallest absolute Gasteiger partial charge is 0.403 e. The molecule has 1 fully saturated rings. The molecule has 1 saturated heterocycles. The Bertz CT molecular complexity index is 465. The van der Waals surface area contributed by atoms with E-state index in [2.05, 4.69) is 52.0 Å². The van der Waals surface area contributed by atoms with Gasteiger partial charge in [-0.05, 0) is 63.9 Å². The van der Waals surface area contributed by atoms with Gasteiger partial charge in [0.15, 0.2) is 0 Å². The highest BCUT2D eigenvalue weighted by molar-refractivity contribution is 6.45. The first-order valence-corrected chi connectivity index (χ1v) is 7.32. The molecule has 3 heteroatoms. The van der Waals surface area contributed by atoms with Crippen LogP contribution in [0, 0.1) is 0 Å². The quantitative estimate of drug-likeness (QED) is 0.751. The van der Waals surface area contributed by atoms with Gasteiger partial charge in [-0.1, -0.05) is 24.3 Å². The maximum atomic E-state index is 6.12. The van der Waals surface area contributed by atoms with Gasteiger partial charge in [-0.3, -0.25) is 0 Å². The van der Waals surface area contributed by atoms with Gasteiger partial charge in [0.2, 0.25) is 0 Å². The third-order valence-electron chi connectivity index (χ3n) is 5.04. The third kappa shape index (κ3) is 2.23. The fraction of sp³-hybridized carbons (Fsp3) is 0.625. The zero-order chi connectivity index (χ0) is 13.7. The minimum Gasteiger partial charge on any atom is -0.403 e. The number of hydrogen-bond donors (Lipinski definition) is 0. The van der Waals surface area contributed by atoms with Gasteiger partial charge >= 0.3 is 7.12 Å². The number of benzene rings is 1. The molecule has 0 bridgehead atoms. The van der Waals surface area contributed by atoms with Gasteiger partial charge in [-0.2, -0.15) is 0 Å². The van der Waals surface area contributed by atoms with Gasteiger partial charge in [0, 0.05) is 0 Å². The lowest BCUT2D eigenvalue weighted by molar-refractivity contribution is 0.00578. The predicted octanol–water partition coefficient (Wildman–Crippen LogP) is 3.81. The van der Waals surface area contributed by atoms with Crippen LogP contribution < -0.4 is 0 Å². The molecule has 0 aromatic heterocycles. The second-order valence-electron chi connectivity index (χ2n) is 6.86. The first-order valence-electron chi connectivity index (χ1n) is 7.32. The standard InChI is InChI=1S/C16H23BO2/c1-15(2)16(3,4)19-17(18-15)11-13-10-9-12-7-5-6-8-14(12)13/h5-8,13H,9-11H2,1-4H3. The van der Waals surface area contributed by atoms with E-state index in [1.807, 2.05) is 0 Å². The summed E-state index contributed by atoms with van der Waals surface area (Å²) in [6.07, 6.45) is 3.40. The number of aryl methyl sites for hydroxylation is 1. The molecular formula is C16H23BO2. The van der Waals surface area contributed by atoms with E-state index in [4.69, 9.17) is 9.31 Å². The van der Waals surface area contributed by atoms with E-state index >= 15 is 0 Å². The Balaban J connectivity index is 1.72. The summed E-state index contributed by atoms with van der Waals surface area (Å²) >= 11 is 0. The van der Waals surface area contributed by atoms with Crippen LogP contribution in [0.4, 0.5) is 0 Å². The Hall–Kier alpha value is -0.795. The van der Waals surface area contributed by atoms with Crippen LogP contribution in [-0.2, 0) is 15.7 Å². The lowest BCUT2D eigenvalue weighted by Crippen LogP contribution is -2.41. The van der Waals surface area contributed by atoms with E-state index in [1.54, 1.807) is 0 Å². The van der Waals surface area contributed by atoms with Crippen molar-refractivity contribution in [2.45, 2.75) is 64.0 Å². The molecule has 19 heavy (non-hydrogen) atoms. The zero-order valence-corrected chi connectivity index (χ0v) is 12.4. The summed E-state index contributed by atoms with van der Waals surface area (Å²) in [6.45, 7) is 8.48. The summed E-state index contributed by atoms with van der Waals surface area (Å²) in [4.78, 5) is 0. The number of rotatable bonds is 2. The van der Waals surface area contributed by atoms with E-state index in [9.17, 15) is 0 Å². The van der Waals surface area contributed by atoms with Crippen LogP contribution in [-0.4, -0.2) is 18.3 Å². The van der Waals surface area contributed by atoms with E-state index in [0.717, 1.165) is 6.32 Å². The average Bonchev–Trinajstić information content (AvgIpc) is 2.79. The van der Waals surface area contributed by atoms with E-state index in [0.29, 0.717) is 5.92 Å². The second kappa shape index (κ2) is 4.36. The zero-order valence-electron chi connectivity index (χ0n) is 12.4. The molecule has 1 aliphatic carbocycles. The Morgan fingerprint density at radius 1 is 1.11 bits per heavy atom. The highest BCUT2D eigenvalue weighted by Gasteiger charge is 2.51. The molecular weight excluding hydrogens is 235 g/mol. The van der Waals surface area contributed by atoms with Crippen molar-refractivity contribution in [3.63, 3.8) is 0 Å². The molecule has 2 nitrogen and oxygen atoms in total. The minimum absolute atomic E-state index is 0.0684. The van der Waals surface area contributed by atoms with Gasteiger partial charge in [0.25, 0.3) is 0 Å². The van der Waals surface area contributed by atoms with Crippen LogP contribution in [0.1, 0.15) is 51.2 Å². The highest BCUT2D eigenvalue weighted by atomic mass is 16.7. The van der Waals surface area contributed by atoms with Gasteiger partial charge in [0.05, 0.1) is 11.2 Å². The van der Waals surface area contributed by atoms with Gasteiger partial charge in [0.1, 0.15) is 0 Å². The Labute approximate surface area is 116 Å². The lowest BCUT2D eigenvalue weighted by Gasteiger charge is -2.32. The molecule has 1 aromatic carbocycles. The molecule has 0 saturated carbocycles. The second-order valence-corrected chi connectivity index (χ2v) is 6.86. The summed E-state index contributed by atoms with van der Waals surface area (Å²) in [6, 6.07) is 8.79. The van der Waals surface area contributed by atoms with Crippen molar-refractivity contribution in [1.29, 1.82) is 0 Å². The van der Waals surface area contributed by atoms with Crippen LogP contribution in [0.2, 0.25) is 6.32 Å². The van der Waals surface area contributed by atoms with Crippen LogP contribution >= 0.6 is 0 Å². The van der Waals surface area contributed by atoms with Crippen molar-refractivity contribution < 1.29 is 9.31 Å². The molecule has 1 aliphatic heterocycles. The molecule has 0 N–H and O–H groups in total. The minimum atomic E-state index is -0.213. The molecule has 0 amide bonds. The van der Waals surface area contributed by atoms with Crippen molar-refractivity contribution in [3.8, 4) is 0 Å². The predicted molar refractivity (Wildman–Crippen MR) is 78.4 cm³/mol. The van der Waals surface area contributed by atoms with Crippen molar-refractivity contribution in [2.75, 3.05) is 0 Å². The van der Waals surface area contributed by atoms with E-state index in [-0.39, 0.29) is 18.3 Å². The molecule has 2 aliphatic rings. The summed E-state index contributed by atoms with van der Waals surface area (Å²) in [7, 11) is -0.0684.